The Kier molecular flexibility index (Phi) is 5.94. The number of amides is 2. The Morgan fingerprint density at radius 3 is 2.77 bits per heavy atom. The average Bonchev–Trinajstić information content (AvgIpc) is 3.17. The van der Waals surface area contributed by atoms with Crippen molar-refractivity contribution < 1.29 is 27.4 Å². The van der Waals surface area contributed by atoms with Crippen LogP contribution in [-0.2, 0) is 14.5 Å². The van der Waals surface area contributed by atoms with E-state index in [-0.39, 0.29) is 34.7 Å². The van der Waals surface area contributed by atoms with Crippen LogP contribution in [0.3, 0.4) is 0 Å². The summed E-state index contributed by atoms with van der Waals surface area (Å²) in [5.74, 6) is -0.945. The fourth-order valence-electron chi connectivity index (χ4n) is 4.10. The molecule has 0 aliphatic carbocycles. The van der Waals surface area contributed by atoms with Crippen LogP contribution < -0.4 is 5.32 Å². The minimum atomic E-state index is -2.71. The molecule has 0 bridgehead atoms. The van der Waals surface area contributed by atoms with E-state index in [0.29, 0.717) is 37.9 Å². The van der Waals surface area contributed by atoms with Gasteiger partial charge in [0.15, 0.2) is 5.69 Å². The molecular weight excluding hydrogens is 425 g/mol. The van der Waals surface area contributed by atoms with Crippen molar-refractivity contribution >= 4 is 21.5 Å². The number of ether oxygens (including phenoxy) is 1. The smallest absolute Gasteiger partial charge is 0.307 e. The van der Waals surface area contributed by atoms with Gasteiger partial charge in [-0.2, -0.15) is 4.36 Å². The topological polar surface area (TPSA) is 111 Å². The molecule has 1 aromatic carbocycles. The van der Waals surface area contributed by atoms with Gasteiger partial charge in [-0.15, -0.1) is 0 Å². The van der Waals surface area contributed by atoms with Gasteiger partial charge in [-0.05, 0) is 50.8 Å². The monoisotopic (exact) mass is 449 g/mol. The summed E-state index contributed by atoms with van der Waals surface area (Å²) in [6, 6.07) is 5.43. The molecule has 0 saturated carbocycles. The average molecular weight is 450 g/mol. The maximum absolute atomic E-state index is 13.4. The lowest BCUT2D eigenvalue weighted by Gasteiger charge is -2.44. The molecule has 2 saturated heterocycles. The zero-order valence-electron chi connectivity index (χ0n) is 17.1. The van der Waals surface area contributed by atoms with Gasteiger partial charge < -0.3 is 14.6 Å². The first-order valence-corrected chi connectivity index (χ1v) is 12.0. The first-order chi connectivity index (χ1) is 14.8. The predicted octanol–water partition coefficient (Wildman–Crippen LogP) is 2.87. The number of hydrogen-bond acceptors (Lipinski definition) is 6. The Morgan fingerprint density at radius 2 is 2.10 bits per heavy atom. The molecule has 2 aromatic rings. The zero-order chi connectivity index (χ0) is 22.1. The third-order valence-electron chi connectivity index (χ3n) is 5.87. The van der Waals surface area contributed by atoms with E-state index in [2.05, 4.69) is 14.8 Å². The lowest BCUT2D eigenvalue weighted by Crippen LogP contribution is -2.52. The number of hydrogen-bond donors (Lipinski definition) is 1. The second-order valence-electron chi connectivity index (χ2n) is 8.13. The van der Waals surface area contributed by atoms with Crippen molar-refractivity contribution in [3.63, 3.8) is 0 Å². The van der Waals surface area contributed by atoms with E-state index in [1.54, 1.807) is 13.0 Å². The number of aryl methyl sites for hydroxylation is 1. The highest BCUT2D eigenvalue weighted by molar-refractivity contribution is 7.93. The molecule has 1 aromatic heterocycles. The fourth-order valence-corrected chi connectivity index (χ4v) is 6.25. The minimum Gasteiger partial charge on any atom is -0.375 e. The van der Waals surface area contributed by atoms with Gasteiger partial charge in [0.1, 0.15) is 12.1 Å². The molecule has 1 spiro atoms. The predicted molar refractivity (Wildman–Crippen MR) is 111 cm³/mol. The molecule has 1 N–H and O–H groups in total. The molecule has 8 nitrogen and oxygen atoms in total. The standard InChI is InChI=1S/C21H24FN3O5S/c1-14-13-30-24-18(14)20(27)25-31(28)9-6-21(7-10-31)12-17(5-8-29-21)23-19(26)15-3-2-4-16(22)11-15/h2-4,11,13,17H,5-10,12H2,1H3,(H,23,26). The maximum atomic E-state index is 13.4. The normalized spacial score (nSPS) is 28.3. The van der Waals surface area contributed by atoms with Gasteiger partial charge in [0, 0.05) is 35.3 Å². The molecule has 166 valence electrons. The summed E-state index contributed by atoms with van der Waals surface area (Å²) in [6.07, 6.45) is 3.52. The highest BCUT2D eigenvalue weighted by Crippen LogP contribution is 2.36. The van der Waals surface area contributed by atoms with Crippen LogP contribution in [0.4, 0.5) is 4.39 Å². The van der Waals surface area contributed by atoms with E-state index in [0.717, 1.165) is 0 Å². The second kappa shape index (κ2) is 8.51. The Morgan fingerprint density at radius 1 is 1.32 bits per heavy atom. The summed E-state index contributed by atoms with van der Waals surface area (Å²) >= 11 is 0. The van der Waals surface area contributed by atoms with Crippen LogP contribution in [0.5, 0.6) is 0 Å². The number of carbonyl (C=O) groups excluding carboxylic acids is 2. The largest absolute Gasteiger partial charge is 0.375 e. The summed E-state index contributed by atoms with van der Waals surface area (Å²) in [6.45, 7) is 2.14. The first-order valence-electron chi connectivity index (χ1n) is 10.2. The van der Waals surface area contributed by atoms with Gasteiger partial charge in [-0.3, -0.25) is 9.59 Å². The summed E-state index contributed by atoms with van der Waals surface area (Å²) < 4.78 is 41.3. The van der Waals surface area contributed by atoms with E-state index in [1.807, 2.05) is 0 Å². The summed E-state index contributed by atoms with van der Waals surface area (Å²) in [5, 5.41) is 6.59. The van der Waals surface area contributed by atoms with Crippen molar-refractivity contribution in [3.05, 3.63) is 53.2 Å². The third kappa shape index (κ3) is 4.85. The van der Waals surface area contributed by atoms with Gasteiger partial charge in [-0.1, -0.05) is 11.2 Å². The van der Waals surface area contributed by atoms with Gasteiger partial charge in [0.25, 0.3) is 5.91 Å². The van der Waals surface area contributed by atoms with Crippen LogP contribution in [0, 0.1) is 12.7 Å². The van der Waals surface area contributed by atoms with Crippen molar-refractivity contribution in [3.8, 4) is 0 Å². The Hall–Kier alpha value is -2.59. The quantitative estimate of drug-likeness (QED) is 0.771. The highest BCUT2D eigenvalue weighted by Gasteiger charge is 2.42. The van der Waals surface area contributed by atoms with Crippen LogP contribution in [-0.4, -0.2) is 50.9 Å². The number of rotatable bonds is 3. The summed E-state index contributed by atoms with van der Waals surface area (Å²) in [4.78, 5) is 24.8. The molecule has 3 heterocycles. The lowest BCUT2D eigenvalue weighted by molar-refractivity contribution is -0.0924. The number of nitrogens with one attached hydrogen (secondary N) is 1. The number of aromatic nitrogens is 1. The van der Waals surface area contributed by atoms with Crippen LogP contribution in [0.1, 0.15) is 52.1 Å². The molecule has 31 heavy (non-hydrogen) atoms. The molecule has 10 heteroatoms. The van der Waals surface area contributed by atoms with Gasteiger partial charge in [0.2, 0.25) is 0 Å². The van der Waals surface area contributed by atoms with Crippen molar-refractivity contribution in [1.82, 2.24) is 10.5 Å². The second-order valence-corrected chi connectivity index (χ2v) is 10.7. The number of nitrogens with zero attached hydrogens (tertiary/aromatic N) is 2. The van der Waals surface area contributed by atoms with E-state index in [1.165, 1.54) is 24.5 Å². The lowest BCUT2D eigenvalue weighted by atomic mass is 9.85. The maximum Gasteiger partial charge on any atom is 0.307 e. The van der Waals surface area contributed by atoms with Crippen molar-refractivity contribution in [2.24, 2.45) is 4.36 Å². The molecule has 2 aliphatic rings. The van der Waals surface area contributed by atoms with Crippen molar-refractivity contribution in [2.75, 3.05) is 18.1 Å². The molecule has 2 amide bonds. The molecular formula is C21H24FN3O5S. The van der Waals surface area contributed by atoms with E-state index >= 15 is 0 Å². The SMILES string of the molecule is Cc1conc1C(=O)N=S1(=O)CCC2(CC1)CC(NC(=O)c1cccc(F)c1)CCO2. The summed E-state index contributed by atoms with van der Waals surface area (Å²) in [7, 11) is -2.71. The molecule has 2 aliphatic heterocycles. The molecule has 1 atom stereocenters. The Labute approximate surface area is 179 Å². The fraction of sp³-hybridized carbons (Fsp3) is 0.476. The molecule has 1 unspecified atom stereocenters. The molecule has 0 radical (unpaired) electrons. The first kappa shape index (κ1) is 21.6. The zero-order valence-corrected chi connectivity index (χ0v) is 18.0. The van der Waals surface area contributed by atoms with E-state index in [9.17, 15) is 18.2 Å². The van der Waals surface area contributed by atoms with Gasteiger partial charge >= 0.3 is 5.91 Å². The van der Waals surface area contributed by atoms with Gasteiger partial charge in [0.05, 0.1) is 15.3 Å². The van der Waals surface area contributed by atoms with Crippen molar-refractivity contribution in [2.45, 2.75) is 44.2 Å². The summed E-state index contributed by atoms with van der Waals surface area (Å²) in [5.41, 5.74) is 0.391. The van der Waals surface area contributed by atoms with E-state index in [4.69, 9.17) is 9.26 Å². The number of carbonyl (C=O) groups is 2. The van der Waals surface area contributed by atoms with Crippen molar-refractivity contribution in [1.29, 1.82) is 0 Å². The number of benzene rings is 1. The van der Waals surface area contributed by atoms with E-state index < -0.39 is 27.1 Å². The highest BCUT2D eigenvalue weighted by atomic mass is 32.2. The molecule has 4 rings (SSSR count). The Bertz CT molecular complexity index is 1110. The van der Waals surface area contributed by atoms with Crippen LogP contribution in [0.15, 0.2) is 39.4 Å². The van der Waals surface area contributed by atoms with Crippen LogP contribution >= 0.6 is 0 Å². The molecule has 2 fully saturated rings. The number of halogens is 1. The van der Waals surface area contributed by atoms with Crippen LogP contribution in [0.25, 0.3) is 0 Å². The third-order valence-corrected chi connectivity index (χ3v) is 8.05. The van der Waals surface area contributed by atoms with Gasteiger partial charge in [-0.25, -0.2) is 8.60 Å². The Balaban J connectivity index is 1.40. The van der Waals surface area contributed by atoms with Crippen LogP contribution in [0.2, 0.25) is 0 Å². The minimum absolute atomic E-state index is 0.0806.